The second-order valence-corrected chi connectivity index (χ2v) is 4.42. The smallest absolute Gasteiger partial charge is 0.188 e. The van der Waals surface area contributed by atoms with Crippen LogP contribution in [0.2, 0.25) is 0 Å². The summed E-state index contributed by atoms with van der Waals surface area (Å²) in [6.45, 7) is 4.22. The van der Waals surface area contributed by atoms with Gasteiger partial charge in [-0.05, 0) is 29.9 Å². The second-order valence-electron chi connectivity index (χ2n) is 4.42. The van der Waals surface area contributed by atoms with Crippen LogP contribution in [0.15, 0.2) is 35.9 Å². The molecule has 1 aliphatic rings. The number of allylic oxidation sites excluding steroid dienone is 2. The summed E-state index contributed by atoms with van der Waals surface area (Å²) in [5, 5.41) is 0. The Bertz CT molecular complexity index is 413. The normalized spacial score (nSPS) is 18.3. The van der Waals surface area contributed by atoms with Gasteiger partial charge in [0.05, 0.1) is 0 Å². The molecule has 1 nitrogen and oxygen atoms in total. The minimum atomic E-state index is 0.227. The van der Waals surface area contributed by atoms with E-state index in [-0.39, 0.29) is 5.78 Å². The summed E-state index contributed by atoms with van der Waals surface area (Å²) in [4.78, 5) is 12.1. The number of fused-ring (bicyclic) bond motifs is 1. The lowest BCUT2D eigenvalue weighted by molar-refractivity contribution is 0.102. The van der Waals surface area contributed by atoms with Crippen LogP contribution in [0.5, 0.6) is 0 Å². The Hall–Kier alpha value is -1.37. The van der Waals surface area contributed by atoms with Crippen LogP contribution >= 0.6 is 0 Å². The van der Waals surface area contributed by atoms with E-state index in [1.807, 2.05) is 18.2 Å². The molecule has 15 heavy (non-hydrogen) atoms. The van der Waals surface area contributed by atoms with Crippen LogP contribution in [0, 0.1) is 5.92 Å². The van der Waals surface area contributed by atoms with Crippen LogP contribution in [-0.2, 0) is 6.42 Å². The quantitative estimate of drug-likeness (QED) is 0.635. The van der Waals surface area contributed by atoms with Crippen LogP contribution in [-0.4, -0.2) is 5.78 Å². The highest BCUT2D eigenvalue weighted by molar-refractivity contribution is 6.10. The van der Waals surface area contributed by atoms with E-state index in [2.05, 4.69) is 26.0 Å². The fourth-order valence-corrected chi connectivity index (χ4v) is 2.08. The van der Waals surface area contributed by atoms with Crippen molar-refractivity contribution in [2.75, 3.05) is 0 Å². The van der Waals surface area contributed by atoms with E-state index >= 15 is 0 Å². The zero-order valence-electron chi connectivity index (χ0n) is 9.29. The van der Waals surface area contributed by atoms with Crippen LogP contribution in [0.1, 0.15) is 36.2 Å². The maximum absolute atomic E-state index is 12.1. The molecule has 0 N–H and O–H groups in total. The summed E-state index contributed by atoms with van der Waals surface area (Å²) in [6.07, 6.45) is 3.99. The average molecular weight is 200 g/mol. The number of hydrogen-bond acceptors (Lipinski definition) is 1. The molecule has 78 valence electrons. The van der Waals surface area contributed by atoms with E-state index in [9.17, 15) is 4.79 Å². The number of Topliss-reactive ketones (excluding diaryl/α,β-unsaturated/α-hetero) is 1. The first-order valence-electron chi connectivity index (χ1n) is 5.52. The third-order valence-corrected chi connectivity index (χ3v) is 2.75. The summed E-state index contributed by atoms with van der Waals surface area (Å²) < 4.78 is 0. The Morgan fingerprint density at radius 2 is 1.93 bits per heavy atom. The molecule has 1 aromatic rings. The molecule has 0 bridgehead atoms. The highest BCUT2D eigenvalue weighted by atomic mass is 16.1. The Kier molecular flexibility index (Phi) is 2.72. The number of aryl methyl sites for hydroxylation is 1. The number of benzene rings is 1. The molecule has 0 radical (unpaired) electrons. The third kappa shape index (κ3) is 2.01. The molecule has 1 aliphatic carbocycles. The minimum absolute atomic E-state index is 0.227. The predicted octanol–water partition coefficient (Wildman–Crippen LogP) is 3.40. The van der Waals surface area contributed by atoms with Gasteiger partial charge in [0.1, 0.15) is 0 Å². The van der Waals surface area contributed by atoms with Gasteiger partial charge in [0.15, 0.2) is 5.78 Å². The number of ketones is 1. The standard InChI is InChI=1S/C14H16O/c1-10(2)9-12-8-7-11-5-3-4-6-13(11)14(12)15/h3-6,9-10H,7-8H2,1-2H3/b12-9-. The molecule has 0 spiro atoms. The van der Waals surface area contributed by atoms with Gasteiger partial charge < -0.3 is 0 Å². The molecule has 0 atom stereocenters. The summed E-state index contributed by atoms with van der Waals surface area (Å²) in [7, 11) is 0. The van der Waals surface area contributed by atoms with E-state index in [0.29, 0.717) is 5.92 Å². The van der Waals surface area contributed by atoms with Crippen molar-refractivity contribution in [3.05, 3.63) is 47.0 Å². The second kappa shape index (κ2) is 4.01. The summed E-state index contributed by atoms with van der Waals surface area (Å²) in [5.41, 5.74) is 3.09. The zero-order valence-corrected chi connectivity index (χ0v) is 9.29. The van der Waals surface area contributed by atoms with Crippen molar-refractivity contribution in [2.45, 2.75) is 26.7 Å². The SMILES string of the molecule is CC(C)/C=C1/CCc2ccccc2C1=O. The van der Waals surface area contributed by atoms with Gasteiger partial charge in [-0.25, -0.2) is 0 Å². The van der Waals surface area contributed by atoms with Gasteiger partial charge in [0, 0.05) is 5.56 Å². The molecular formula is C14H16O. The molecule has 0 saturated heterocycles. The van der Waals surface area contributed by atoms with Gasteiger partial charge in [-0.3, -0.25) is 4.79 Å². The predicted molar refractivity (Wildman–Crippen MR) is 62.0 cm³/mol. The first-order valence-corrected chi connectivity index (χ1v) is 5.52. The fraction of sp³-hybridized carbons (Fsp3) is 0.357. The molecule has 0 fully saturated rings. The molecule has 0 aromatic heterocycles. The number of carbonyl (C=O) groups excluding carboxylic acids is 1. The van der Waals surface area contributed by atoms with Crippen LogP contribution in [0.3, 0.4) is 0 Å². The Labute approximate surface area is 90.8 Å². The topological polar surface area (TPSA) is 17.1 Å². The maximum Gasteiger partial charge on any atom is 0.188 e. The molecule has 0 unspecified atom stereocenters. The highest BCUT2D eigenvalue weighted by Crippen LogP contribution is 2.25. The highest BCUT2D eigenvalue weighted by Gasteiger charge is 2.20. The van der Waals surface area contributed by atoms with Crippen molar-refractivity contribution >= 4 is 5.78 Å². The van der Waals surface area contributed by atoms with Crippen LogP contribution in [0.25, 0.3) is 0 Å². The summed E-state index contributed by atoms with van der Waals surface area (Å²) in [5.74, 6) is 0.680. The van der Waals surface area contributed by atoms with Gasteiger partial charge in [-0.15, -0.1) is 0 Å². The van der Waals surface area contributed by atoms with Crippen molar-refractivity contribution in [1.29, 1.82) is 0 Å². The van der Waals surface area contributed by atoms with Crippen LogP contribution in [0.4, 0.5) is 0 Å². The summed E-state index contributed by atoms with van der Waals surface area (Å²) >= 11 is 0. The molecular weight excluding hydrogens is 184 g/mol. The van der Waals surface area contributed by atoms with Crippen molar-refractivity contribution in [1.82, 2.24) is 0 Å². The fourth-order valence-electron chi connectivity index (χ4n) is 2.08. The molecule has 0 heterocycles. The molecule has 0 aliphatic heterocycles. The maximum atomic E-state index is 12.1. The van der Waals surface area contributed by atoms with E-state index in [1.165, 1.54) is 5.56 Å². The Morgan fingerprint density at radius 3 is 2.67 bits per heavy atom. The lowest BCUT2D eigenvalue weighted by Gasteiger charge is -2.17. The van der Waals surface area contributed by atoms with Gasteiger partial charge in [0.2, 0.25) is 0 Å². The van der Waals surface area contributed by atoms with Crippen molar-refractivity contribution in [2.24, 2.45) is 5.92 Å². The Balaban J connectivity index is 2.38. The van der Waals surface area contributed by atoms with Crippen molar-refractivity contribution < 1.29 is 4.79 Å². The van der Waals surface area contributed by atoms with Gasteiger partial charge in [-0.1, -0.05) is 44.2 Å². The largest absolute Gasteiger partial charge is 0.289 e. The van der Waals surface area contributed by atoms with Crippen molar-refractivity contribution in [3.8, 4) is 0 Å². The van der Waals surface area contributed by atoms with Gasteiger partial charge in [0.25, 0.3) is 0 Å². The first-order chi connectivity index (χ1) is 7.18. The monoisotopic (exact) mass is 200 g/mol. The average Bonchev–Trinajstić information content (AvgIpc) is 2.22. The van der Waals surface area contributed by atoms with E-state index in [1.54, 1.807) is 0 Å². The minimum Gasteiger partial charge on any atom is -0.289 e. The van der Waals surface area contributed by atoms with Crippen molar-refractivity contribution in [3.63, 3.8) is 0 Å². The number of rotatable bonds is 1. The first kappa shape index (κ1) is 10.2. The number of hydrogen-bond donors (Lipinski definition) is 0. The van der Waals surface area contributed by atoms with E-state index < -0.39 is 0 Å². The number of carbonyl (C=O) groups is 1. The van der Waals surface area contributed by atoms with E-state index in [4.69, 9.17) is 0 Å². The molecule has 1 aromatic carbocycles. The molecule has 1 heteroatoms. The zero-order chi connectivity index (χ0) is 10.8. The lowest BCUT2D eigenvalue weighted by atomic mass is 9.86. The lowest BCUT2D eigenvalue weighted by Crippen LogP contribution is -2.14. The summed E-state index contributed by atoms with van der Waals surface area (Å²) in [6, 6.07) is 7.93. The Morgan fingerprint density at radius 1 is 1.20 bits per heavy atom. The van der Waals surface area contributed by atoms with Gasteiger partial charge in [-0.2, -0.15) is 0 Å². The molecule has 0 amide bonds. The van der Waals surface area contributed by atoms with Crippen LogP contribution < -0.4 is 0 Å². The third-order valence-electron chi connectivity index (χ3n) is 2.75. The van der Waals surface area contributed by atoms with E-state index in [0.717, 1.165) is 24.0 Å². The van der Waals surface area contributed by atoms with Gasteiger partial charge >= 0.3 is 0 Å². The molecule has 2 rings (SSSR count). The molecule has 0 saturated carbocycles.